The molecule has 2 N–H and O–H groups in total. The van der Waals surface area contributed by atoms with Crippen molar-refractivity contribution in [3.05, 3.63) is 34.9 Å². The lowest BCUT2D eigenvalue weighted by atomic mass is 10.0. The summed E-state index contributed by atoms with van der Waals surface area (Å²) in [5.41, 5.74) is 0.173. The molecule has 2 aromatic rings. The Morgan fingerprint density at radius 1 is 1.35 bits per heavy atom. The van der Waals surface area contributed by atoms with Gasteiger partial charge in [0.15, 0.2) is 5.65 Å². The highest BCUT2D eigenvalue weighted by atomic mass is 16.4. The summed E-state index contributed by atoms with van der Waals surface area (Å²) in [6, 6.07) is 4.26. The van der Waals surface area contributed by atoms with Crippen molar-refractivity contribution in [2.24, 2.45) is 5.92 Å². The molecule has 0 fully saturated rings. The fraction of sp³-hybridized carbons (Fsp3) is 0.467. The molecule has 2 rings (SSSR count). The Hall–Kier alpha value is -2.64. The molecule has 8 nitrogen and oxygen atoms in total. The molecule has 0 radical (unpaired) electrons. The van der Waals surface area contributed by atoms with Gasteiger partial charge in [-0.3, -0.25) is 9.20 Å². The van der Waals surface area contributed by atoms with E-state index in [0.29, 0.717) is 12.1 Å². The smallest absolute Gasteiger partial charge is 0.350 e. The number of nitrogens with one attached hydrogen (secondary N) is 1. The van der Waals surface area contributed by atoms with E-state index in [4.69, 9.17) is 5.11 Å². The second-order valence-corrected chi connectivity index (χ2v) is 5.77. The van der Waals surface area contributed by atoms with Crippen LogP contribution in [0.15, 0.2) is 29.2 Å². The van der Waals surface area contributed by atoms with Crippen molar-refractivity contribution < 1.29 is 14.7 Å². The number of amides is 1. The molecule has 124 valence electrons. The van der Waals surface area contributed by atoms with E-state index in [1.807, 2.05) is 13.8 Å². The van der Waals surface area contributed by atoms with Gasteiger partial charge in [0.05, 0.1) is 6.54 Å². The number of nitrogens with zero attached hydrogens (tertiary/aromatic N) is 3. The molecule has 1 atom stereocenters. The molecule has 1 amide bonds. The van der Waals surface area contributed by atoms with Crippen molar-refractivity contribution >= 4 is 17.5 Å². The summed E-state index contributed by atoms with van der Waals surface area (Å²) in [7, 11) is 0. The number of aliphatic carboxylic acids is 1. The topological polar surface area (TPSA) is 106 Å². The largest absolute Gasteiger partial charge is 0.480 e. The Kier molecular flexibility index (Phi) is 5.15. The molecular formula is C15H20N4O4. The SMILES string of the molecule is CC(C)CC(NC(=O)CCn1nc2ccccn2c1=O)C(=O)O. The number of hydrogen-bond donors (Lipinski definition) is 2. The van der Waals surface area contributed by atoms with Crippen LogP contribution in [0.25, 0.3) is 5.65 Å². The number of aryl methyl sites for hydroxylation is 1. The first-order chi connectivity index (χ1) is 10.9. The number of rotatable bonds is 7. The van der Waals surface area contributed by atoms with Gasteiger partial charge in [0.25, 0.3) is 0 Å². The number of carboxylic acids is 1. The van der Waals surface area contributed by atoms with Crippen LogP contribution in [0.2, 0.25) is 0 Å². The van der Waals surface area contributed by atoms with Gasteiger partial charge in [0.1, 0.15) is 6.04 Å². The maximum Gasteiger partial charge on any atom is 0.350 e. The Balaban J connectivity index is 1.99. The quantitative estimate of drug-likeness (QED) is 0.773. The number of pyridine rings is 1. The monoisotopic (exact) mass is 320 g/mol. The summed E-state index contributed by atoms with van der Waals surface area (Å²) < 4.78 is 2.59. The lowest BCUT2D eigenvalue weighted by molar-refractivity contribution is -0.142. The predicted octanol–water partition coefficient (Wildman–Crippen LogP) is 0.502. The van der Waals surface area contributed by atoms with Crippen LogP contribution < -0.4 is 11.0 Å². The molecule has 0 bridgehead atoms. The Labute approximate surface area is 132 Å². The summed E-state index contributed by atoms with van der Waals surface area (Å²) in [6.45, 7) is 3.87. The second-order valence-electron chi connectivity index (χ2n) is 5.77. The van der Waals surface area contributed by atoms with Gasteiger partial charge < -0.3 is 10.4 Å². The minimum Gasteiger partial charge on any atom is -0.480 e. The zero-order valence-corrected chi connectivity index (χ0v) is 13.1. The van der Waals surface area contributed by atoms with E-state index in [9.17, 15) is 14.4 Å². The minimum absolute atomic E-state index is 0.00827. The Morgan fingerprint density at radius 2 is 2.09 bits per heavy atom. The van der Waals surface area contributed by atoms with Crippen LogP contribution >= 0.6 is 0 Å². The van der Waals surface area contributed by atoms with E-state index in [1.165, 1.54) is 9.08 Å². The van der Waals surface area contributed by atoms with E-state index in [-0.39, 0.29) is 24.6 Å². The third-order valence-electron chi connectivity index (χ3n) is 3.38. The highest BCUT2D eigenvalue weighted by molar-refractivity contribution is 5.83. The van der Waals surface area contributed by atoms with Crippen molar-refractivity contribution in [1.82, 2.24) is 19.5 Å². The third kappa shape index (κ3) is 4.18. The molecule has 0 aliphatic carbocycles. The summed E-state index contributed by atoms with van der Waals surface area (Å²) in [5, 5.41) is 15.7. The van der Waals surface area contributed by atoms with E-state index in [1.54, 1.807) is 24.4 Å². The number of hydrogen-bond acceptors (Lipinski definition) is 4. The van der Waals surface area contributed by atoms with E-state index < -0.39 is 17.9 Å². The highest BCUT2D eigenvalue weighted by Gasteiger charge is 2.21. The van der Waals surface area contributed by atoms with Crippen LogP contribution in [0.1, 0.15) is 26.7 Å². The molecule has 0 aliphatic heterocycles. The van der Waals surface area contributed by atoms with Crippen molar-refractivity contribution in [2.45, 2.75) is 39.3 Å². The summed E-state index contributed by atoms with van der Waals surface area (Å²) in [4.78, 5) is 35.1. The van der Waals surface area contributed by atoms with Crippen molar-refractivity contribution in [3.63, 3.8) is 0 Å². The molecule has 0 aromatic carbocycles. The minimum atomic E-state index is -1.06. The number of fused-ring (bicyclic) bond motifs is 1. The first kappa shape index (κ1) is 16.7. The Bertz CT molecular complexity index is 762. The lowest BCUT2D eigenvalue weighted by Crippen LogP contribution is -2.42. The zero-order valence-electron chi connectivity index (χ0n) is 13.1. The van der Waals surface area contributed by atoms with Crippen LogP contribution in [-0.4, -0.2) is 37.2 Å². The summed E-state index contributed by atoms with van der Waals surface area (Å²) in [5.74, 6) is -1.32. The zero-order chi connectivity index (χ0) is 17.0. The van der Waals surface area contributed by atoms with Gasteiger partial charge in [-0.25, -0.2) is 14.3 Å². The van der Waals surface area contributed by atoms with E-state index >= 15 is 0 Å². The average molecular weight is 320 g/mol. The van der Waals surface area contributed by atoms with Gasteiger partial charge in [-0.05, 0) is 24.5 Å². The summed E-state index contributed by atoms with van der Waals surface area (Å²) >= 11 is 0. The molecule has 2 heterocycles. The maximum absolute atomic E-state index is 12.1. The first-order valence-corrected chi connectivity index (χ1v) is 7.45. The maximum atomic E-state index is 12.1. The van der Waals surface area contributed by atoms with Crippen LogP contribution in [-0.2, 0) is 16.1 Å². The van der Waals surface area contributed by atoms with Crippen LogP contribution in [0.3, 0.4) is 0 Å². The van der Waals surface area contributed by atoms with Crippen molar-refractivity contribution in [3.8, 4) is 0 Å². The van der Waals surface area contributed by atoms with E-state index in [2.05, 4.69) is 10.4 Å². The highest BCUT2D eigenvalue weighted by Crippen LogP contribution is 2.05. The van der Waals surface area contributed by atoms with E-state index in [0.717, 1.165) is 0 Å². The number of carbonyl (C=O) groups is 2. The first-order valence-electron chi connectivity index (χ1n) is 7.45. The van der Waals surface area contributed by atoms with Gasteiger partial charge >= 0.3 is 11.7 Å². The van der Waals surface area contributed by atoms with Gasteiger partial charge in [-0.1, -0.05) is 19.9 Å². The van der Waals surface area contributed by atoms with Gasteiger partial charge in [-0.2, -0.15) is 0 Å². The molecule has 0 saturated carbocycles. The molecule has 0 aliphatic rings. The fourth-order valence-corrected chi connectivity index (χ4v) is 2.28. The van der Waals surface area contributed by atoms with Crippen molar-refractivity contribution in [2.75, 3.05) is 0 Å². The van der Waals surface area contributed by atoms with Gasteiger partial charge in [-0.15, -0.1) is 5.10 Å². The number of aromatic nitrogens is 3. The van der Waals surface area contributed by atoms with Gasteiger partial charge in [0.2, 0.25) is 5.91 Å². The molecule has 23 heavy (non-hydrogen) atoms. The second kappa shape index (κ2) is 7.08. The molecule has 0 saturated heterocycles. The molecule has 0 spiro atoms. The van der Waals surface area contributed by atoms with Crippen LogP contribution in [0.5, 0.6) is 0 Å². The number of carbonyl (C=O) groups excluding carboxylic acids is 1. The normalized spacial score (nSPS) is 12.5. The predicted molar refractivity (Wildman–Crippen MR) is 83.1 cm³/mol. The molecule has 2 aromatic heterocycles. The third-order valence-corrected chi connectivity index (χ3v) is 3.38. The molecule has 1 unspecified atom stereocenters. The number of carboxylic acid groups (broad SMARTS) is 1. The van der Waals surface area contributed by atoms with Crippen molar-refractivity contribution in [1.29, 1.82) is 0 Å². The lowest BCUT2D eigenvalue weighted by Gasteiger charge is -2.16. The van der Waals surface area contributed by atoms with Gasteiger partial charge in [0, 0.05) is 12.6 Å². The average Bonchev–Trinajstić information content (AvgIpc) is 2.81. The van der Waals surface area contributed by atoms with Crippen LogP contribution in [0.4, 0.5) is 0 Å². The molecule has 8 heteroatoms. The Morgan fingerprint density at radius 3 is 2.70 bits per heavy atom. The van der Waals surface area contributed by atoms with Crippen LogP contribution in [0, 0.1) is 5.92 Å². The molecular weight excluding hydrogens is 300 g/mol. The fourth-order valence-electron chi connectivity index (χ4n) is 2.28. The summed E-state index contributed by atoms with van der Waals surface area (Å²) in [6.07, 6.45) is 1.95. The standard InChI is InChI=1S/C15H20N4O4/c1-10(2)9-11(14(21)22)16-13(20)6-8-19-15(23)18-7-4-3-5-12(18)17-19/h3-5,7,10-11H,6,8-9H2,1-2H3,(H,16,20)(H,21,22).